The molecule has 1 heterocycles. The van der Waals surface area contributed by atoms with Gasteiger partial charge in [0.15, 0.2) is 0 Å². The largest absolute Gasteiger partial charge is 0.381 e. The van der Waals surface area contributed by atoms with Crippen LogP contribution in [0.5, 0.6) is 0 Å². The first kappa shape index (κ1) is 13.1. The number of benzene rings is 1. The van der Waals surface area contributed by atoms with E-state index in [-0.39, 0.29) is 16.3 Å². The molecule has 94 valence electrons. The molecule has 0 atom stereocenters. The molecule has 1 aromatic rings. The van der Waals surface area contributed by atoms with Crippen molar-refractivity contribution >= 4 is 23.2 Å². The fourth-order valence-corrected chi connectivity index (χ4v) is 2.81. The number of halogens is 3. The van der Waals surface area contributed by atoms with Crippen LogP contribution in [-0.4, -0.2) is 19.1 Å². The molecule has 0 N–H and O–H groups in total. The lowest BCUT2D eigenvalue weighted by molar-refractivity contribution is 0.0257. The van der Waals surface area contributed by atoms with Crippen LogP contribution in [0.3, 0.4) is 0 Å². The molecule has 1 nitrogen and oxygen atoms in total. The summed E-state index contributed by atoms with van der Waals surface area (Å²) in [5.41, 5.74) is 1.11. The van der Waals surface area contributed by atoms with Crippen LogP contribution in [0, 0.1) is 11.2 Å². The van der Waals surface area contributed by atoms with Crippen molar-refractivity contribution in [3.8, 4) is 0 Å². The van der Waals surface area contributed by atoms with Gasteiger partial charge in [-0.1, -0.05) is 17.7 Å². The Morgan fingerprint density at radius 1 is 1.29 bits per heavy atom. The average Bonchev–Trinajstić information content (AvgIpc) is 2.35. The van der Waals surface area contributed by atoms with Crippen molar-refractivity contribution in [2.24, 2.45) is 5.41 Å². The van der Waals surface area contributed by atoms with Crippen molar-refractivity contribution in [3.63, 3.8) is 0 Å². The van der Waals surface area contributed by atoms with Gasteiger partial charge in [0, 0.05) is 19.1 Å². The van der Waals surface area contributed by atoms with Gasteiger partial charge in [0.1, 0.15) is 5.82 Å². The van der Waals surface area contributed by atoms with Crippen molar-refractivity contribution in [1.82, 2.24) is 0 Å². The minimum atomic E-state index is -0.373. The molecule has 0 amide bonds. The SMILES string of the molecule is Fc1ccc(CC2(CCl)CCOCC2)cc1Cl. The molecule has 1 aliphatic heterocycles. The highest BCUT2D eigenvalue weighted by Crippen LogP contribution is 2.36. The van der Waals surface area contributed by atoms with E-state index in [1.54, 1.807) is 12.1 Å². The lowest BCUT2D eigenvalue weighted by atomic mass is 9.77. The molecule has 1 aliphatic rings. The van der Waals surface area contributed by atoms with Gasteiger partial charge in [0.25, 0.3) is 0 Å². The molecule has 0 spiro atoms. The van der Waals surface area contributed by atoms with Crippen LogP contribution in [0.15, 0.2) is 18.2 Å². The normalized spacial score (nSPS) is 19.2. The maximum absolute atomic E-state index is 13.1. The highest BCUT2D eigenvalue weighted by molar-refractivity contribution is 6.30. The van der Waals surface area contributed by atoms with Gasteiger partial charge >= 0.3 is 0 Å². The lowest BCUT2D eigenvalue weighted by Crippen LogP contribution is -2.33. The van der Waals surface area contributed by atoms with Gasteiger partial charge in [-0.15, -0.1) is 11.6 Å². The van der Waals surface area contributed by atoms with E-state index in [1.165, 1.54) is 6.07 Å². The van der Waals surface area contributed by atoms with Crippen LogP contribution in [0.4, 0.5) is 4.39 Å². The minimum Gasteiger partial charge on any atom is -0.381 e. The third kappa shape index (κ3) is 3.12. The van der Waals surface area contributed by atoms with E-state index in [2.05, 4.69) is 0 Å². The highest BCUT2D eigenvalue weighted by atomic mass is 35.5. The molecular formula is C13H15Cl2FO. The fourth-order valence-electron chi connectivity index (χ4n) is 2.24. The summed E-state index contributed by atoms with van der Waals surface area (Å²) in [5.74, 6) is 0.230. The van der Waals surface area contributed by atoms with Crippen molar-refractivity contribution in [2.45, 2.75) is 19.3 Å². The molecule has 2 rings (SSSR count). The molecule has 0 bridgehead atoms. The van der Waals surface area contributed by atoms with Crippen LogP contribution in [0.1, 0.15) is 18.4 Å². The quantitative estimate of drug-likeness (QED) is 0.757. The summed E-state index contributed by atoms with van der Waals surface area (Å²) in [6, 6.07) is 4.89. The summed E-state index contributed by atoms with van der Waals surface area (Å²) in [6.45, 7) is 1.50. The van der Waals surface area contributed by atoms with E-state index < -0.39 is 0 Å². The van der Waals surface area contributed by atoms with Crippen LogP contribution < -0.4 is 0 Å². The summed E-state index contributed by atoms with van der Waals surface area (Å²) in [5, 5.41) is 0.180. The first-order valence-electron chi connectivity index (χ1n) is 5.73. The number of ether oxygens (including phenoxy) is 1. The number of alkyl halides is 1. The Kier molecular flexibility index (Phi) is 4.29. The number of hydrogen-bond donors (Lipinski definition) is 0. The molecule has 1 fully saturated rings. The van der Waals surface area contributed by atoms with Crippen molar-refractivity contribution in [1.29, 1.82) is 0 Å². The Morgan fingerprint density at radius 2 is 2.00 bits per heavy atom. The molecule has 0 radical (unpaired) electrons. The van der Waals surface area contributed by atoms with Crippen LogP contribution in [0.25, 0.3) is 0 Å². The van der Waals surface area contributed by atoms with Crippen molar-refractivity contribution < 1.29 is 9.13 Å². The summed E-state index contributed by atoms with van der Waals surface area (Å²) in [6.07, 6.45) is 2.73. The monoisotopic (exact) mass is 276 g/mol. The molecular weight excluding hydrogens is 262 g/mol. The van der Waals surface area contributed by atoms with E-state index >= 15 is 0 Å². The van der Waals surface area contributed by atoms with Crippen LogP contribution in [0.2, 0.25) is 5.02 Å². The zero-order valence-corrected chi connectivity index (χ0v) is 11.0. The Balaban J connectivity index is 2.14. The zero-order chi connectivity index (χ0) is 12.3. The van der Waals surface area contributed by atoms with Crippen LogP contribution >= 0.6 is 23.2 Å². The summed E-state index contributed by atoms with van der Waals surface area (Å²) < 4.78 is 18.4. The Bertz CT molecular complexity index is 389. The zero-order valence-electron chi connectivity index (χ0n) is 9.52. The van der Waals surface area contributed by atoms with Gasteiger partial charge in [-0.05, 0) is 42.4 Å². The molecule has 4 heteroatoms. The molecule has 1 aromatic carbocycles. The number of hydrogen-bond acceptors (Lipinski definition) is 1. The topological polar surface area (TPSA) is 9.23 Å². The molecule has 1 saturated heterocycles. The fraction of sp³-hybridized carbons (Fsp3) is 0.538. The highest BCUT2D eigenvalue weighted by Gasteiger charge is 2.32. The Hall–Kier alpha value is -0.310. The maximum Gasteiger partial charge on any atom is 0.141 e. The Labute approximate surface area is 111 Å². The van der Waals surface area contributed by atoms with E-state index in [4.69, 9.17) is 27.9 Å². The first-order chi connectivity index (χ1) is 8.15. The summed E-state index contributed by atoms with van der Waals surface area (Å²) in [4.78, 5) is 0. The molecule has 17 heavy (non-hydrogen) atoms. The average molecular weight is 277 g/mol. The van der Waals surface area contributed by atoms with Gasteiger partial charge in [-0.3, -0.25) is 0 Å². The Morgan fingerprint density at radius 3 is 2.59 bits per heavy atom. The molecule has 0 aliphatic carbocycles. The van der Waals surface area contributed by atoms with Gasteiger partial charge in [0.05, 0.1) is 5.02 Å². The first-order valence-corrected chi connectivity index (χ1v) is 6.64. The molecule has 0 unspecified atom stereocenters. The van der Waals surface area contributed by atoms with E-state index in [9.17, 15) is 4.39 Å². The summed E-state index contributed by atoms with van der Waals surface area (Å²) in [7, 11) is 0. The third-order valence-corrected chi connectivity index (χ3v) is 4.26. The van der Waals surface area contributed by atoms with E-state index in [0.29, 0.717) is 5.88 Å². The van der Waals surface area contributed by atoms with E-state index in [0.717, 1.165) is 38.0 Å². The second kappa shape index (κ2) is 5.55. The summed E-state index contributed by atoms with van der Waals surface area (Å²) >= 11 is 11.9. The van der Waals surface area contributed by atoms with Gasteiger partial charge in [-0.25, -0.2) is 4.39 Å². The van der Waals surface area contributed by atoms with Crippen molar-refractivity contribution in [2.75, 3.05) is 19.1 Å². The standard InChI is InChI=1S/C13H15Cl2FO/c14-9-13(3-5-17-6-4-13)8-10-1-2-12(16)11(15)7-10/h1-2,7H,3-6,8-9H2. The van der Waals surface area contributed by atoms with E-state index in [1.807, 2.05) is 0 Å². The van der Waals surface area contributed by atoms with Gasteiger partial charge in [0.2, 0.25) is 0 Å². The van der Waals surface area contributed by atoms with Gasteiger partial charge < -0.3 is 4.74 Å². The van der Waals surface area contributed by atoms with Crippen molar-refractivity contribution in [3.05, 3.63) is 34.6 Å². The predicted molar refractivity (Wildman–Crippen MR) is 68.3 cm³/mol. The second-order valence-electron chi connectivity index (χ2n) is 4.67. The minimum absolute atomic E-state index is 0.0704. The third-order valence-electron chi connectivity index (χ3n) is 3.40. The second-order valence-corrected chi connectivity index (χ2v) is 5.35. The predicted octanol–water partition coefficient (Wildman–Crippen LogP) is 4.06. The molecule has 0 saturated carbocycles. The van der Waals surface area contributed by atoms with Gasteiger partial charge in [-0.2, -0.15) is 0 Å². The number of rotatable bonds is 3. The molecule has 0 aromatic heterocycles. The van der Waals surface area contributed by atoms with Crippen LogP contribution in [-0.2, 0) is 11.2 Å². The maximum atomic E-state index is 13.1. The lowest BCUT2D eigenvalue weighted by Gasteiger charge is -2.35. The smallest absolute Gasteiger partial charge is 0.141 e.